The van der Waals surface area contributed by atoms with Gasteiger partial charge in [-0.15, -0.1) is 0 Å². The SMILES string of the molecule is CCCOc1ccc(/C(O)=C2\C(=O)C(=O)N(c3cc(C)on3)[C@H]2c2ccc(Cl)c(Cl)c2)cc1. The molecular weight excluding hydrogens is 467 g/mol. The maximum absolute atomic E-state index is 13.1. The molecule has 2 aromatic carbocycles. The minimum absolute atomic E-state index is 0.0960. The Morgan fingerprint density at radius 3 is 2.45 bits per heavy atom. The van der Waals surface area contributed by atoms with E-state index in [2.05, 4.69) is 5.16 Å². The fourth-order valence-corrected chi connectivity index (χ4v) is 3.92. The summed E-state index contributed by atoms with van der Waals surface area (Å²) in [7, 11) is 0. The Balaban J connectivity index is 1.86. The average Bonchev–Trinajstić information content (AvgIpc) is 3.34. The summed E-state index contributed by atoms with van der Waals surface area (Å²) < 4.78 is 10.7. The molecule has 9 heteroatoms. The van der Waals surface area contributed by atoms with Gasteiger partial charge >= 0.3 is 5.91 Å². The molecule has 0 radical (unpaired) electrons. The molecule has 33 heavy (non-hydrogen) atoms. The number of rotatable bonds is 6. The minimum Gasteiger partial charge on any atom is -0.507 e. The van der Waals surface area contributed by atoms with Crippen LogP contribution in [-0.2, 0) is 9.59 Å². The Kier molecular flexibility index (Phi) is 6.44. The average molecular weight is 487 g/mol. The first-order chi connectivity index (χ1) is 15.8. The molecule has 1 aromatic heterocycles. The van der Waals surface area contributed by atoms with Crippen molar-refractivity contribution in [3.05, 3.63) is 81.0 Å². The third-order valence-corrected chi connectivity index (χ3v) is 5.91. The Bertz CT molecular complexity index is 1250. The van der Waals surface area contributed by atoms with Crippen LogP contribution in [0.5, 0.6) is 5.75 Å². The number of aliphatic hydroxyl groups is 1. The van der Waals surface area contributed by atoms with Crippen LogP contribution in [0.1, 0.15) is 36.3 Å². The first-order valence-corrected chi connectivity index (χ1v) is 11.0. The van der Waals surface area contributed by atoms with Crippen LogP contribution in [0.3, 0.4) is 0 Å². The van der Waals surface area contributed by atoms with Crippen molar-refractivity contribution < 1.29 is 24.0 Å². The number of hydrogen-bond acceptors (Lipinski definition) is 6. The molecule has 0 saturated carbocycles. The monoisotopic (exact) mass is 486 g/mol. The second-order valence-electron chi connectivity index (χ2n) is 7.51. The molecule has 7 nitrogen and oxygen atoms in total. The molecular formula is C24H20Cl2N2O5. The van der Waals surface area contributed by atoms with Gasteiger partial charge in [0.05, 0.1) is 28.3 Å². The van der Waals surface area contributed by atoms with Crippen LogP contribution in [0.4, 0.5) is 5.82 Å². The summed E-state index contributed by atoms with van der Waals surface area (Å²) in [6, 6.07) is 11.9. The van der Waals surface area contributed by atoms with Gasteiger partial charge in [-0.25, -0.2) is 0 Å². The van der Waals surface area contributed by atoms with E-state index >= 15 is 0 Å². The van der Waals surface area contributed by atoms with Gasteiger partial charge in [0.1, 0.15) is 17.3 Å². The van der Waals surface area contributed by atoms with Crippen molar-refractivity contribution >= 4 is 46.5 Å². The Morgan fingerprint density at radius 2 is 1.85 bits per heavy atom. The molecule has 3 aromatic rings. The van der Waals surface area contributed by atoms with E-state index < -0.39 is 17.7 Å². The lowest BCUT2D eigenvalue weighted by Crippen LogP contribution is -2.29. The molecule has 170 valence electrons. The molecule has 4 rings (SSSR count). The number of amides is 1. The minimum atomic E-state index is -0.986. The molecule has 1 saturated heterocycles. The number of nitrogens with zero attached hydrogens (tertiary/aromatic N) is 2. The van der Waals surface area contributed by atoms with E-state index in [1.54, 1.807) is 49.4 Å². The zero-order chi connectivity index (χ0) is 23.7. The van der Waals surface area contributed by atoms with Gasteiger partial charge in [0, 0.05) is 11.6 Å². The highest BCUT2D eigenvalue weighted by Gasteiger charge is 2.48. The van der Waals surface area contributed by atoms with Crippen molar-refractivity contribution in [2.75, 3.05) is 11.5 Å². The molecule has 0 unspecified atom stereocenters. The zero-order valence-corrected chi connectivity index (χ0v) is 19.4. The van der Waals surface area contributed by atoms with Gasteiger partial charge in [-0.3, -0.25) is 14.5 Å². The van der Waals surface area contributed by atoms with Gasteiger partial charge < -0.3 is 14.4 Å². The fourth-order valence-electron chi connectivity index (χ4n) is 3.62. The zero-order valence-electron chi connectivity index (χ0n) is 17.8. The van der Waals surface area contributed by atoms with Gasteiger partial charge in [-0.05, 0) is 55.3 Å². The quantitative estimate of drug-likeness (QED) is 0.272. The highest BCUT2D eigenvalue weighted by atomic mass is 35.5. The second-order valence-corrected chi connectivity index (χ2v) is 8.33. The Hall–Kier alpha value is -3.29. The van der Waals surface area contributed by atoms with Crippen molar-refractivity contribution in [3.8, 4) is 5.75 Å². The van der Waals surface area contributed by atoms with Crippen molar-refractivity contribution in [1.82, 2.24) is 5.16 Å². The second kappa shape index (κ2) is 9.29. The highest BCUT2D eigenvalue weighted by molar-refractivity contribution is 6.51. The van der Waals surface area contributed by atoms with Crippen molar-refractivity contribution in [1.29, 1.82) is 0 Å². The number of aliphatic hydroxyl groups excluding tert-OH is 1. The van der Waals surface area contributed by atoms with Gasteiger partial charge in [-0.2, -0.15) is 0 Å². The van der Waals surface area contributed by atoms with E-state index in [1.165, 1.54) is 11.0 Å². The van der Waals surface area contributed by atoms with Crippen LogP contribution in [0.15, 0.2) is 58.6 Å². The molecule has 0 spiro atoms. The van der Waals surface area contributed by atoms with Gasteiger partial charge in [0.15, 0.2) is 5.82 Å². The van der Waals surface area contributed by atoms with Crippen LogP contribution in [0.25, 0.3) is 5.76 Å². The van der Waals surface area contributed by atoms with Gasteiger partial charge in [0.25, 0.3) is 5.78 Å². The summed E-state index contributed by atoms with van der Waals surface area (Å²) in [6.07, 6.45) is 0.857. The maximum Gasteiger partial charge on any atom is 0.301 e. The van der Waals surface area contributed by atoms with E-state index in [1.807, 2.05) is 6.92 Å². The first kappa shape index (κ1) is 22.9. The van der Waals surface area contributed by atoms with E-state index in [0.29, 0.717) is 34.3 Å². The lowest BCUT2D eigenvalue weighted by atomic mass is 9.95. The van der Waals surface area contributed by atoms with Crippen LogP contribution in [0.2, 0.25) is 10.0 Å². The van der Waals surface area contributed by atoms with E-state index in [-0.39, 0.29) is 22.2 Å². The summed E-state index contributed by atoms with van der Waals surface area (Å²) in [5.74, 6) is -0.781. The van der Waals surface area contributed by atoms with E-state index in [0.717, 1.165) is 6.42 Å². The molecule has 1 amide bonds. The number of ether oxygens (including phenoxy) is 1. The number of halogens is 2. The molecule has 1 aliphatic rings. The largest absolute Gasteiger partial charge is 0.507 e. The smallest absolute Gasteiger partial charge is 0.301 e. The van der Waals surface area contributed by atoms with Gasteiger partial charge in [-0.1, -0.05) is 41.3 Å². The van der Waals surface area contributed by atoms with E-state index in [9.17, 15) is 14.7 Å². The number of aromatic nitrogens is 1. The molecule has 0 aliphatic carbocycles. The highest BCUT2D eigenvalue weighted by Crippen LogP contribution is 2.43. The summed E-state index contributed by atoms with van der Waals surface area (Å²) in [5.41, 5.74) is 0.744. The molecule has 2 heterocycles. The third-order valence-electron chi connectivity index (χ3n) is 5.17. The van der Waals surface area contributed by atoms with Crippen molar-refractivity contribution in [3.63, 3.8) is 0 Å². The molecule has 0 bridgehead atoms. The number of anilines is 1. The van der Waals surface area contributed by atoms with Crippen LogP contribution in [0, 0.1) is 6.92 Å². The van der Waals surface area contributed by atoms with Crippen LogP contribution >= 0.6 is 23.2 Å². The van der Waals surface area contributed by atoms with Gasteiger partial charge in [0.2, 0.25) is 0 Å². The summed E-state index contributed by atoms with van der Waals surface area (Å²) in [4.78, 5) is 27.3. The Labute approximate surface area is 200 Å². The fraction of sp³-hybridized carbons (Fsp3) is 0.208. The number of ketones is 1. The number of aryl methyl sites for hydroxylation is 1. The predicted molar refractivity (Wildman–Crippen MR) is 125 cm³/mol. The van der Waals surface area contributed by atoms with Crippen molar-refractivity contribution in [2.45, 2.75) is 26.3 Å². The summed E-state index contributed by atoms with van der Waals surface area (Å²) in [5, 5.41) is 15.6. The van der Waals surface area contributed by atoms with Crippen molar-refractivity contribution in [2.24, 2.45) is 0 Å². The number of benzene rings is 2. The normalized spacial score (nSPS) is 17.6. The van der Waals surface area contributed by atoms with E-state index in [4.69, 9.17) is 32.5 Å². The topological polar surface area (TPSA) is 92.9 Å². The number of hydrogen-bond donors (Lipinski definition) is 1. The number of carbonyl (C=O) groups is 2. The Morgan fingerprint density at radius 1 is 1.12 bits per heavy atom. The summed E-state index contributed by atoms with van der Waals surface area (Å²) in [6.45, 7) is 4.23. The predicted octanol–water partition coefficient (Wildman–Crippen LogP) is 5.70. The first-order valence-electron chi connectivity index (χ1n) is 10.2. The summed E-state index contributed by atoms with van der Waals surface area (Å²) >= 11 is 12.3. The lowest BCUT2D eigenvalue weighted by molar-refractivity contribution is -0.132. The third kappa shape index (κ3) is 4.34. The molecule has 1 N–H and O–H groups in total. The van der Waals surface area contributed by atoms with Crippen LogP contribution in [-0.4, -0.2) is 28.6 Å². The number of Topliss-reactive ketones (excluding diaryl/α,β-unsaturated/α-hetero) is 1. The van der Waals surface area contributed by atoms with Crippen LogP contribution < -0.4 is 9.64 Å². The molecule has 1 fully saturated rings. The maximum atomic E-state index is 13.1. The number of carbonyl (C=O) groups excluding carboxylic acids is 2. The molecule has 1 atom stereocenters. The standard InChI is InChI=1S/C24H20Cl2N2O5/c1-3-10-32-16-7-4-14(5-8-16)22(29)20-21(15-6-9-17(25)18(26)12-15)28(24(31)23(20)30)19-11-13(2)33-27-19/h4-9,11-12,21,29H,3,10H2,1-2H3/b22-20+/t21-/m0/s1. The lowest BCUT2D eigenvalue weighted by Gasteiger charge is -2.23. The molecule has 1 aliphatic heterocycles.